The summed E-state index contributed by atoms with van der Waals surface area (Å²) in [6, 6.07) is 13.1. The SMILES string of the molecule is O=C(Nc1ccc2c(c1)OCCO2)c1ccccc1CSC1=NCCS1. The van der Waals surface area contributed by atoms with E-state index in [4.69, 9.17) is 9.47 Å². The molecule has 0 radical (unpaired) electrons. The molecule has 26 heavy (non-hydrogen) atoms. The number of fused-ring (bicyclic) bond motifs is 1. The van der Waals surface area contributed by atoms with Gasteiger partial charge in [0.05, 0.1) is 6.54 Å². The van der Waals surface area contributed by atoms with Crippen LogP contribution in [0.5, 0.6) is 11.5 Å². The third kappa shape index (κ3) is 3.99. The predicted molar refractivity (Wildman–Crippen MR) is 108 cm³/mol. The summed E-state index contributed by atoms with van der Waals surface area (Å²) in [6.45, 7) is 1.96. The summed E-state index contributed by atoms with van der Waals surface area (Å²) in [5.41, 5.74) is 2.37. The van der Waals surface area contributed by atoms with Gasteiger partial charge in [0.15, 0.2) is 11.5 Å². The Bertz CT molecular complexity index is 854. The minimum absolute atomic E-state index is 0.126. The Morgan fingerprint density at radius 3 is 2.85 bits per heavy atom. The van der Waals surface area contributed by atoms with Crippen LogP contribution in [0.2, 0.25) is 0 Å². The Hall–Kier alpha value is -2.12. The molecule has 0 spiro atoms. The third-order valence-corrected chi connectivity index (χ3v) is 6.27. The fourth-order valence-corrected chi connectivity index (χ4v) is 4.74. The number of rotatable bonds is 4. The first kappa shape index (κ1) is 17.3. The summed E-state index contributed by atoms with van der Waals surface area (Å²) in [7, 11) is 0. The summed E-state index contributed by atoms with van der Waals surface area (Å²) < 4.78 is 12.2. The first-order chi connectivity index (χ1) is 12.8. The van der Waals surface area contributed by atoms with Crippen molar-refractivity contribution in [3.05, 3.63) is 53.6 Å². The molecule has 1 amide bonds. The monoisotopic (exact) mass is 386 g/mol. The molecule has 0 aromatic heterocycles. The number of nitrogens with one attached hydrogen (secondary N) is 1. The second-order valence-electron chi connectivity index (χ2n) is 5.75. The van der Waals surface area contributed by atoms with Crippen molar-refractivity contribution in [2.75, 3.05) is 30.8 Å². The van der Waals surface area contributed by atoms with Gasteiger partial charge < -0.3 is 14.8 Å². The number of ether oxygens (including phenoxy) is 2. The molecule has 2 aliphatic heterocycles. The molecule has 2 heterocycles. The number of hydrogen-bond acceptors (Lipinski definition) is 6. The summed E-state index contributed by atoms with van der Waals surface area (Å²) >= 11 is 3.47. The van der Waals surface area contributed by atoms with E-state index in [1.165, 1.54) is 0 Å². The molecule has 2 aromatic carbocycles. The summed E-state index contributed by atoms with van der Waals surface area (Å²) in [6.07, 6.45) is 0. The highest BCUT2D eigenvalue weighted by Crippen LogP contribution is 2.33. The number of carbonyl (C=O) groups is 1. The van der Waals surface area contributed by atoms with E-state index in [1.807, 2.05) is 36.4 Å². The number of amides is 1. The van der Waals surface area contributed by atoms with Gasteiger partial charge in [0, 0.05) is 28.8 Å². The van der Waals surface area contributed by atoms with Gasteiger partial charge in [-0.2, -0.15) is 0 Å². The third-order valence-electron chi connectivity index (χ3n) is 3.97. The van der Waals surface area contributed by atoms with Gasteiger partial charge >= 0.3 is 0 Å². The molecule has 4 rings (SSSR count). The molecule has 0 unspecified atom stereocenters. The standard InChI is InChI=1S/C19H18N2O3S2/c22-18(21-14-5-6-16-17(11-14)24-9-8-23-16)15-4-2-1-3-13(15)12-26-19-20-7-10-25-19/h1-6,11H,7-10,12H2,(H,21,22). The Morgan fingerprint density at radius 1 is 1.15 bits per heavy atom. The van der Waals surface area contributed by atoms with Crippen LogP contribution < -0.4 is 14.8 Å². The van der Waals surface area contributed by atoms with Crippen molar-refractivity contribution in [2.45, 2.75) is 5.75 Å². The minimum Gasteiger partial charge on any atom is -0.486 e. The van der Waals surface area contributed by atoms with E-state index in [1.54, 1.807) is 29.6 Å². The number of aliphatic imine (C=N–C) groups is 1. The maximum Gasteiger partial charge on any atom is 0.255 e. The van der Waals surface area contributed by atoms with Gasteiger partial charge in [0.2, 0.25) is 0 Å². The number of benzene rings is 2. The van der Waals surface area contributed by atoms with Crippen molar-refractivity contribution in [3.8, 4) is 11.5 Å². The summed E-state index contributed by atoms with van der Waals surface area (Å²) in [5, 5.41) is 2.96. The molecule has 0 fully saturated rings. The van der Waals surface area contributed by atoms with Crippen LogP contribution >= 0.6 is 23.5 Å². The van der Waals surface area contributed by atoms with E-state index in [2.05, 4.69) is 10.3 Å². The lowest BCUT2D eigenvalue weighted by Gasteiger charge is -2.19. The molecular weight excluding hydrogens is 368 g/mol. The van der Waals surface area contributed by atoms with E-state index in [0.29, 0.717) is 36.0 Å². The molecule has 2 aliphatic rings. The highest BCUT2D eigenvalue weighted by atomic mass is 32.2. The molecule has 0 aliphatic carbocycles. The lowest BCUT2D eigenvalue weighted by Crippen LogP contribution is -2.17. The molecule has 134 valence electrons. The van der Waals surface area contributed by atoms with Gasteiger partial charge in [-0.3, -0.25) is 9.79 Å². The lowest BCUT2D eigenvalue weighted by atomic mass is 10.1. The maximum atomic E-state index is 12.8. The average molecular weight is 386 g/mol. The summed E-state index contributed by atoms with van der Waals surface area (Å²) in [4.78, 5) is 17.2. The fraction of sp³-hybridized carbons (Fsp3) is 0.263. The number of carbonyl (C=O) groups excluding carboxylic acids is 1. The van der Waals surface area contributed by atoms with Crippen LogP contribution in [-0.4, -0.2) is 35.8 Å². The van der Waals surface area contributed by atoms with E-state index < -0.39 is 0 Å². The average Bonchev–Trinajstić information content (AvgIpc) is 3.20. The van der Waals surface area contributed by atoms with Crippen molar-refractivity contribution in [2.24, 2.45) is 4.99 Å². The van der Waals surface area contributed by atoms with Crippen molar-refractivity contribution < 1.29 is 14.3 Å². The second kappa shape index (κ2) is 8.05. The Kier molecular flexibility index (Phi) is 5.36. The molecular formula is C19H18N2O3S2. The van der Waals surface area contributed by atoms with Crippen LogP contribution in [0.4, 0.5) is 5.69 Å². The Morgan fingerprint density at radius 2 is 2.00 bits per heavy atom. The molecule has 1 N–H and O–H groups in total. The topological polar surface area (TPSA) is 59.9 Å². The van der Waals surface area contributed by atoms with Crippen molar-refractivity contribution in [3.63, 3.8) is 0 Å². The lowest BCUT2D eigenvalue weighted by molar-refractivity contribution is 0.102. The van der Waals surface area contributed by atoms with Crippen LogP contribution in [0.1, 0.15) is 15.9 Å². The quantitative estimate of drug-likeness (QED) is 0.859. The molecule has 2 aromatic rings. The maximum absolute atomic E-state index is 12.8. The number of thioether (sulfide) groups is 2. The van der Waals surface area contributed by atoms with Crippen molar-refractivity contribution >= 4 is 39.5 Å². The van der Waals surface area contributed by atoms with Gasteiger partial charge in [-0.1, -0.05) is 41.7 Å². The van der Waals surface area contributed by atoms with Gasteiger partial charge in [-0.25, -0.2) is 0 Å². The molecule has 0 bridgehead atoms. The Labute approximate surface area is 160 Å². The van der Waals surface area contributed by atoms with Crippen molar-refractivity contribution in [1.82, 2.24) is 0 Å². The minimum atomic E-state index is -0.126. The van der Waals surface area contributed by atoms with E-state index in [9.17, 15) is 4.79 Å². The van der Waals surface area contributed by atoms with E-state index in [-0.39, 0.29) is 5.91 Å². The molecule has 0 saturated heterocycles. The largest absolute Gasteiger partial charge is 0.486 e. The first-order valence-electron chi connectivity index (χ1n) is 8.38. The predicted octanol–water partition coefficient (Wildman–Crippen LogP) is 4.05. The molecule has 7 heteroatoms. The zero-order valence-corrected chi connectivity index (χ0v) is 15.7. The van der Waals surface area contributed by atoms with Crippen LogP contribution in [-0.2, 0) is 5.75 Å². The molecule has 0 atom stereocenters. The van der Waals surface area contributed by atoms with Crippen LogP contribution in [0.25, 0.3) is 0 Å². The normalized spacial score (nSPS) is 15.5. The molecule has 5 nitrogen and oxygen atoms in total. The highest BCUT2D eigenvalue weighted by Gasteiger charge is 2.16. The van der Waals surface area contributed by atoms with Crippen LogP contribution in [0, 0.1) is 0 Å². The number of anilines is 1. The summed E-state index contributed by atoms with van der Waals surface area (Å²) in [5.74, 6) is 3.03. The zero-order chi connectivity index (χ0) is 17.8. The van der Waals surface area contributed by atoms with Crippen molar-refractivity contribution in [1.29, 1.82) is 0 Å². The molecule has 0 saturated carbocycles. The smallest absolute Gasteiger partial charge is 0.255 e. The zero-order valence-electron chi connectivity index (χ0n) is 14.1. The van der Waals surface area contributed by atoms with Crippen LogP contribution in [0.15, 0.2) is 47.5 Å². The number of hydrogen-bond donors (Lipinski definition) is 1. The van der Waals surface area contributed by atoms with Gasteiger partial charge in [-0.05, 0) is 23.8 Å². The first-order valence-corrected chi connectivity index (χ1v) is 10.4. The number of nitrogens with zero attached hydrogens (tertiary/aromatic N) is 1. The second-order valence-corrected chi connectivity index (χ2v) is 8.06. The van der Waals surface area contributed by atoms with Crippen LogP contribution in [0.3, 0.4) is 0 Å². The van der Waals surface area contributed by atoms with Gasteiger partial charge in [-0.15, -0.1) is 0 Å². The van der Waals surface area contributed by atoms with E-state index >= 15 is 0 Å². The fourth-order valence-electron chi connectivity index (χ4n) is 2.73. The Balaban J connectivity index is 1.47. The van der Waals surface area contributed by atoms with E-state index in [0.717, 1.165) is 28.0 Å². The van der Waals surface area contributed by atoms with Gasteiger partial charge in [0.1, 0.15) is 17.6 Å². The van der Waals surface area contributed by atoms with Gasteiger partial charge in [0.25, 0.3) is 5.91 Å². The highest BCUT2D eigenvalue weighted by molar-refractivity contribution is 8.38.